The molecule has 0 aromatic heterocycles. The van der Waals surface area contributed by atoms with Gasteiger partial charge in [0.1, 0.15) is 0 Å². The van der Waals surface area contributed by atoms with Gasteiger partial charge in [-0.2, -0.15) is 0 Å². The molecular formula is C34H26NOP. The van der Waals surface area contributed by atoms with Gasteiger partial charge in [-0.1, -0.05) is 121 Å². The fourth-order valence-electron chi connectivity index (χ4n) is 4.93. The number of amides is 1. The normalized spacial score (nSPS) is 11.2. The molecule has 6 aromatic carbocycles. The Bertz CT molecular complexity index is 1590. The fourth-order valence-corrected chi connectivity index (χ4v) is 7.21. The van der Waals surface area contributed by atoms with Crippen molar-refractivity contribution >= 4 is 51.3 Å². The van der Waals surface area contributed by atoms with Crippen molar-refractivity contribution in [1.29, 1.82) is 0 Å². The molecule has 1 amide bonds. The van der Waals surface area contributed by atoms with Crippen molar-refractivity contribution in [2.45, 2.75) is 6.54 Å². The number of hydrogen-bond acceptors (Lipinski definition) is 1. The largest absolute Gasteiger partial charge is 0.348 e. The van der Waals surface area contributed by atoms with Crippen LogP contribution in [0, 0.1) is 0 Å². The van der Waals surface area contributed by atoms with Gasteiger partial charge in [-0.25, -0.2) is 0 Å². The van der Waals surface area contributed by atoms with E-state index in [1.54, 1.807) is 0 Å². The fraction of sp³-hybridized carbons (Fsp3) is 0.0294. The van der Waals surface area contributed by atoms with Gasteiger partial charge in [0.2, 0.25) is 0 Å². The smallest absolute Gasteiger partial charge is 0.251 e. The zero-order chi connectivity index (χ0) is 25.0. The lowest BCUT2D eigenvalue weighted by molar-refractivity contribution is 0.0951. The highest BCUT2D eigenvalue weighted by Gasteiger charge is 2.17. The number of carbonyl (C=O) groups excluding carboxylic acids is 1. The first kappa shape index (κ1) is 23.2. The van der Waals surface area contributed by atoms with Crippen molar-refractivity contribution in [3.8, 4) is 0 Å². The Balaban J connectivity index is 1.27. The molecule has 0 atom stereocenters. The molecule has 2 nitrogen and oxygen atoms in total. The molecule has 178 valence electrons. The first-order valence-corrected chi connectivity index (χ1v) is 13.8. The average Bonchev–Trinajstić information content (AvgIpc) is 2.97. The first-order chi connectivity index (χ1) is 18.3. The molecule has 0 spiro atoms. The van der Waals surface area contributed by atoms with Crippen molar-refractivity contribution in [3.05, 3.63) is 151 Å². The lowest BCUT2D eigenvalue weighted by atomic mass is 9.96. The van der Waals surface area contributed by atoms with Crippen LogP contribution in [0.1, 0.15) is 15.9 Å². The molecule has 37 heavy (non-hydrogen) atoms. The van der Waals surface area contributed by atoms with Crippen molar-refractivity contribution < 1.29 is 4.79 Å². The Labute approximate surface area is 218 Å². The molecule has 3 heteroatoms. The van der Waals surface area contributed by atoms with E-state index >= 15 is 0 Å². The van der Waals surface area contributed by atoms with Gasteiger partial charge in [-0.15, -0.1) is 0 Å². The van der Waals surface area contributed by atoms with E-state index in [9.17, 15) is 4.79 Å². The summed E-state index contributed by atoms with van der Waals surface area (Å²) in [5.74, 6) is -0.0627. The summed E-state index contributed by atoms with van der Waals surface area (Å²) in [5.41, 5.74) is 1.82. The number of fused-ring (bicyclic) bond motifs is 2. The van der Waals surface area contributed by atoms with Crippen LogP contribution in [-0.4, -0.2) is 5.91 Å². The van der Waals surface area contributed by atoms with E-state index < -0.39 is 7.92 Å². The molecule has 0 radical (unpaired) electrons. The lowest BCUT2D eigenvalue weighted by Gasteiger charge is -2.19. The van der Waals surface area contributed by atoms with Gasteiger partial charge in [0.05, 0.1) is 0 Å². The second-order valence-electron chi connectivity index (χ2n) is 9.03. The van der Waals surface area contributed by atoms with E-state index in [2.05, 4.69) is 133 Å². The van der Waals surface area contributed by atoms with Crippen LogP contribution in [0.3, 0.4) is 0 Å². The zero-order valence-corrected chi connectivity index (χ0v) is 21.2. The molecule has 0 heterocycles. The van der Waals surface area contributed by atoms with Crippen molar-refractivity contribution in [2.75, 3.05) is 0 Å². The second-order valence-corrected chi connectivity index (χ2v) is 11.3. The van der Waals surface area contributed by atoms with E-state index in [1.807, 2.05) is 12.1 Å². The van der Waals surface area contributed by atoms with Gasteiger partial charge in [0.15, 0.2) is 0 Å². The van der Waals surface area contributed by atoms with E-state index in [-0.39, 0.29) is 5.91 Å². The van der Waals surface area contributed by atoms with Crippen LogP contribution in [0.25, 0.3) is 21.5 Å². The van der Waals surface area contributed by atoms with Gasteiger partial charge >= 0.3 is 0 Å². The standard InChI is InChI=1S/C34H26NOP/c36-34(35-24-33-31-17-9-7-11-26(31)23-27-12-8-10-18-32(27)33)25-19-21-30(22-20-25)37(28-13-3-1-4-14-28)29-15-5-2-6-16-29/h1-23H,24H2,(H,35,36). The van der Waals surface area contributed by atoms with Crippen molar-refractivity contribution in [2.24, 2.45) is 0 Å². The summed E-state index contributed by atoms with van der Waals surface area (Å²) >= 11 is 0. The Morgan fingerprint density at radius 2 is 1.00 bits per heavy atom. The molecule has 1 N–H and O–H groups in total. The van der Waals surface area contributed by atoms with Crippen molar-refractivity contribution in [1.82, 2.24) is 5.32 Å². The Kier molecular flexibility index (Phi) is 6.50. The number of carbonyl (C=O) groups is 1. The highest BCUT2D eigenvalue weighted by molar-refractivity contribution is 7.79. The highest BCUT2D eigenvalue weighted by Crippen LogP contribution is 2.33. The van der Waals surface area contributed by atoms with Crippen LogP contribution in [0.5, 0.6) is 0 Å². The Hall–Kier alpha value is -4.26. The minimum Gasteiger partial charge on any atom is -0.348 e. The molecule has 0 saturated heterocycles. The Morgan fingerprint density at radius 3 is 1.54 bits per heavy atom. The van der Waals surface area contributed by atoms with Crippen LogP contribution >= 0.6 is 7.92 Å². The summed E-state index contributed by atoms with van der Waals surface area (Å²) < 4.78 is 0. The van der Waals surface area contributed by atoms with Gasteiger partial charge in [0, 0.05) is 12.1 Å². The molecule has 0 aliphatic heterocycles. The summed E-state index contributed by atoms with van der Waals surface area (Å²) in [4.78, 5) is 13.2. The summed E-state index contributed by atoms with van der Waals surface area (Å²) in [6.45, 7) is 0.475. The maximum atomic E-state index is 13.2. The average molecular weight is 496 g/mol. The SMILES string of the molecule is O=C(NCc1c2ccccc2cc2ccccc12)c1ccc(P(c2ccccc2)c2ccccc2)cc1. The summed E-state index contributed by atoms with van der Waals surface area (Å²) in [6.07, 6.45) is 0. The quantitative estimate of drug-likeness (QED) is 0.203. The number of benzene rings is 6. The highest BCUT2D eigenvalue weighted by atomic mass is 31.1. The third-order valence-electron chi connectivity index (χ3n) is 6.73. The molecule has 6 aromatic rings. The summed E-state index contributed by atoms with van der Waals surface area (Å²) in [7, 11) is -0.693. The third-order valence-corrected chi connectivity index (χ3v) is 9.17. The molecule has 0 bridgehead atoms. The summed E-state index contributed by atoms with van der Waals surface area (Å²) in [5, 5.41) is 11.7. The van der Waals surface area contributed by atoms with Crippen LogP contribution in [-0.2, 0) is 6.54 Å². The van der Waals surface area contributed by atoms with E-state index in [0.717, 1.165) is 5.56 Å². The molecule has 0 aliphatic rings. The minimum atomic E-state index is -0.693. The number of rotatable bonds is 6. The minimum absolute atomic E-state index is 0.0627. The van der Waals surface area contributed by atoms with Gasteiger partial charge in [-0.3, -0.25) is 4.79 Å². The van der Waals surface area contributed by atoms with Crippen molar-refractivity contribution in [3.63, 3.8) is 0 Å². The monoisotopic (exact) mass is 495 g/mol. The zero-order valence-electron chi connectivity index (χ0n) is 20.3. The molecule has 0 unspecified atom stereocenters. The number of hydrogen-bond donors (Lipinski definition) is 1. The topological polar surface area (TPSA) is 29.1 Å². The Morgan fingerprint density at radius 1 is 0.541 bits per heavy atom. The van der Waals surface area contributed by atoms with Crippen LogP contribution < -0.4 is 21.2 Å². The van der Waals surface area contributed by atoms with E-state index in [1.165, 1.54) is 37.5 Å². The summed E-state index contributed by atoms with van der Waals surface area (Å²) in [6, 6.07) is 48.3. The molecular weight excluding hydrogens is 469 g/mol. The molecule has 0 fully saturated rings. The third kappa shape index (κ3) is 4.77. The maximum absolute atomic E-state index is 13.2. The van der Waals surface area contributed by atoms with Gasteiger partial charge in [0.25, 0.3) is 5.91 Å². The van der Waals surface area contributed by atoms with Crippen LogP contribution in [0.15, 0.2) is 140 Å². The predicted octanol–water partition coefficient (Wildman–Crippen LogP) is 6.68. The first-order valence-electron chi connectivity index (χ1n) is 12.5. The number of nitrogens with one attached hydrogen (secondary N) is 1. The second kappa shape index (κ2) is 10.4. The molecule has 6 rings (SSSR count). The van der Waals surface area contributed by atoms with Gasteiger partial charge in [-0.05, 0) is 69.1 Å². The predicted molar refractivity (Wildman–Crippen MR) is 158 cm³/mol. The van der Waals surface area contributed by atoms with E-state index in [0.29, 0.717) is 12.1 Å². The molecule has 0 aliphatic carbocycles. The maximum Gasteiger partial charge on any atom is 0.251 e. The van der Waals surface area contributed by atoms with Crippen LogP contribution in [0.2, 0.25) is 0 Å². The van der Waals surface area contributed by atoms with Gasteiger partial charge < -0.3 is 5.32 Å². The van der Waals surface area contributed by atoms with Crippen LogP contribution in [0.4, 0.5) is 0 Å². The van der Waals surface area contributed by atoms with E-state index in [4.69, 9.17) is 0 Å². The molecule has 0 saturated carbocycles. The lowest BCUT2D eigenvalue weighted by Crippen LogP contribution is -2.24.